The Hall–Kier alpha value is -3.48. The van der Waals surface area contributed by atoms with Gasteiger partial charge in [0.2, 0.25) is 5.91 Å². The van der Waals surface area contributed by atoms with Gasteiger partial charge < -0.3 is 9.64 Å². The van der Waals surface area contributed by atoms with Gasteiger partial charge in [0.15, 0.2) is 0 Å². The molecule has 0 radical (unpaired) electrons. The zero-order chi connectivity index (χ0) is 21.4. The number of rotatable bonds is 3. The Balaban J connectivity index is 1.42. The SMILES string of the molecule is O=C(Oc1cccc(N2CCCC2=O)c1)c1ccc2c(=O)n3c(nc2c1)CCCCC3. The van der Waals surface area contributed by atoms with Crippen molar-refractivity contribution in [2.45, 2.75) is 45.1 Å². The van der Waals surface area contributed by atoms with Crippen LogP contribution >= 0.6 is 0 Å². The first kappa shape index (κ1) is 19.5. The summed E-state index contributed by atoms with van der Waals surface area (Å²) in [5, 5.41) is 0.511. The van der Waals surface area contributed by atoms with Crippen LogP contribution in [0.4, 0.5) is 5.69 Å². The molecule has 0 unspecified atom stereocenters. The first-order valence-corrected chi connectivity index (χ1v) is 10.8. The van der Waals surface area contributed by atoms with Gasteiger partial charge in [-0.05, 0) is 49.6 Å². The number of nitrogens with zero attached hydrogens (tertiary/aromatic N) is 3. The third-order valence-corrected chi connectivity index (χ3v) is 5.97. The smallest absolute Gasteiger partial charge is 0.343 e. The maximum Gasteiger partial charge on any atom is 0.343 e. The molecule has 1 aromatic heterocycles. The van der Waals surface area contributed by atoms with Crippen molar-refractivity contribution in [3.05, 3.63) is 64.2 Å². The highest BCUT2D eigenvalue weighted by atomic mass is 16.5. The first-order chi connectivity index (χ1) is 15.1. The highest BCUT2D eigenvalue weighted by Crippen LogP contribution is 2.26. The molecule has 7 heteroatoms. The van der Waals surface area contributed by atoms with Crippen LogP contribution in [0.3, 0.4) is 0 Å². The van der Waals surface area contributed by atoms with Crippen LogP contribution in [0.5, 0.6) is 5.75 Å². The summed E-state index contributed by atoms with van der Waals surface area (Å²) in [4.78, 5) is 44.0. The van der Waals surface area contributed by atoms with Gasteiger partial charge >= 0.3 is 5.97 Å². The van der Waals surface area contributed by atoms with Crippen LogP contribution in [0.15, 0.2) is 47.3 Å². The summed E-state index contributed by atoms with van der Waals surface area (Å²) >= 11 is 0. The molecular weight excluding hydrogens is 394 g/mol. The van der Waals surface area contributed by atoms with E-state index in [2.05, 4.69) is 4.98 Å². The molecule has 0 spiro atoms. The minimum atomic E-state index is -0.524. The van der Waals surface area contributed by atoms with Crippen LogP contribution in [-0.4, -0.2) is 28.0 Å². The van der Waals surface area contributed by atoms with Crippen molar-refractivity contribution < 1.29 is 14.3 Å². The molecule has 158 valence electrons. The van der Waals surface area contributed by atoms with Gasteiger partial charge in [-0.1, -0.05) is 12.5 Å². The van der Waals surface area contributed by atoms with Gasteiger partial charge in [0.1, 0.15) is 11.6 Å². The highest BCUT2D eigenvalue weighted by Gasteiger charge is 2.22. The molecule has 0 N–H and O–H groups in total. The predicted molar refractivity (Wildman–Crippen MR) is 117 cm³/mol. The van der Waals surface area contributed by atoms with E-state index in [0.29, 0.717) is 41.7 Å². The quantitative estimate of drug-likeness (QED) is 0.481. The number of hydrogen-bond acceptors (Lipinski definition) is 5. The second-order valence-corrected chi connectivity index (χ2v) is 8.06. The summed E-state index contributed by atoms with van der Waals surface area (Å²) in [6.07, 6.45) is 5.21. The van der Waals surface area contributed by atoms with Crippen molar-refractivity contribution >= 4 is 28.5 Å². The van der Waals surface area contributed by atoms with E-state index in [4.69, 9.17) is 4.74 Å². The summed E-state index contributed by atoms with van der Waals surface area (Å²) in [5.41, 5.74) is 1.53. The average molecular weight is 417 g/mol. The molecule has 3 heterocycles. The highest BCUT2D eigenvalue weighted by molar-refractivity contribution is 5.97. The molecule has 1 saturated heterocycles. The lowest BCUT2D eigenvalue weighted by molar-refractivity contribution is -0.117. The Morgan fingerprint density at radius 2 is 1.84 bits per heavy atom. The zero-order valence-corrected chi connectivity index (χ0v) is 17.2. The van der Waals surface area contributed by atoms with Crippen LogP contribution < -0.4 is 15.2 Å². The average Bonchev–Trinajstić information content (AvgIpc) is 3.06. The molecule has 5 rings (SSSR count). The molecule has 0 saturated carbocycles. The van der Waals surface area contributed by atoms with Crippen LogP contribution in [0, 0.1) is 0 Å². The summed E-state index contributed by atoms with van der Waals surface area (Å²) in [6.45, 7) is 1.36. The maximum atomic E-state index is 12.9. The Morgan fingerprint density at radius 3 is 2.68 bits per heavy atom. The molecular formula is C24H23N3O4. The van der Waals surface area contributed by atoms with Crippen molar-refractivity contribution in [1.82, 2.24) is 9.55 Å². The number of esters is 1. The van der Waals surface area contributed by atoms with E-state index < -0.39 is 5.97 Å². The second-order valence-electron chi connectivity index (χ2n) is 8.06. The molecule has 2 aromatic carbocycles. The summed E-state index contributed by atoms with van der Waals surface area (Å²) in [6, 6.07) is 11.9. The number of carbonyl (C=O) groups excluding carboxylic acids is 2. The number of ether oxygens (including phenoxy) is 1. The number of amides is 1. The molecule has 2 aliphatic rings. The number of fused-ring (bicyclic) bond motifs is 2. The van der Waals surface area contributed by atoms with E-state index in [0.717, 1.165) is 43.6 Å². The Bertz CT molecular complexity index is 1250. The van der Waals surface area contributed by atoms with E-state index in [-0.39, 0.29) is 11.5 Å². The second kappa shape index (κ2) is 7.98. The number of benzene rings is 2. The molecule has 31 heavy (non-hydrogen) atoms. The summed E-state index contributed by atoms with van der Waals surface area (Å²) in [5.74, 6) is 0.707. The van der Waals surface area contributed by atoms with Gasteiger partial charge in [-0.3, -0.25) is 14.2 Å². The van der Waals surface area contributed by atoms with Crippen LogP contribution in [-0.2, 0) is 17.8 Å². The van der Waals surface area contributed by atoms with E-state index >= 15 is 0 Å². The van der Waals surface area contributed by atoms with E-state index in [9.17, 15) is 14.4 Å². The molecule has 1 fully saturated rings. The maximum absolute atomic E-state index is 12.9. The number of anilines is 1. The van der Waals surface area contributed by atoms with E-state index in [1.807, 2.05) is 6.07 Å². The van der Waals surface area contributed by atoms with Gasteiger partial charge in [0.05, 0.1) is 16.5 Å². The predicted octanol–water partition coefficient (Wildman–Crippen LogP) is 3.47. The normalized spacial score (nSPS) is 16.3. The number of aromatic nitrogens is 2. The van der Waals surface area contributed by atoms with Crippen molar-refractivity contribution in [2.24, 2.45) is 0 Å². The van der Waals surface area contributed by atoms with Gasteiger partial charge in [-0.2, -0.15) is 0 Å². The lowest BCUT2D eigenvalue weighted by Crippen LogP contribution is -2.24. The lowest BCUT2D eigenvalue weighted by Gasteiger charge is -2.16. The topological polar surface area (TPSA) is 81.5 Å². The van der Waals surface area contributed by atoms with Gasteiger partial charge in [-0.15, -0.1) is 0 Å². The molecule has 3 aromatic rings. The zero-order valence-electron chi connectivity index (χ0n) is 17.2. The monoisotopic (exact) mass is 417 g/mol. The summed E-state index contributed by atoms with van der Waals surface area (Å²) in [7, 11) is 0. The standard InChI is InChI=1S/C24H23N3O4/c28-22-9-5-13-26(22)17-6-4-7-18(15-17)31-24(30)16-10-11-19-20(14-16)25-21-8-2-1-3-12-27(21)23(19)29/h4,6-7,10-11,14-15H,1-3,5,8-9,12-13H2. The van der Waals surface area contributed by atoms with Crippen LogP contribution in [0.25, 0.3) is 10.9 Å². The molecule has 0 aliphatic carbocycles. The minimum Gasteiger partial charge on any atom is -0.423 e. The van der Waals surface area contributed by atoms with Crippen LogP contribution in [0.2, 0.25) is 0 Å². The molecule has 2 aliphatic heterocycles. The van der Waals surface area contributed by atoms with Gasteiger partial charge in [0.25, 0.3) is 5.56 Å². The van der Waals surface area contributed by atoms with Gasteiger partial charge in [-0.25, -0.2) is 9.78 Å². The molecule has 7 nitrogen and oxygen atoms in total. The minimum absolute atomic E-state index is 0.0511. The number of aryl methyl sites for hydroxylation is 1. The number of carbonyl (C=O) groups is 2. The lowest BCUT2D eigenvalue weighted by atomic mass is 10.1. The van der Waals surface area contributed by atoms with E-state index in [1.165, 1.54) is 0 Å². The van der Waals surface area contributed by atoms with E-state index in [1.54, 1.807) is 45.9 Å². The van der Waals surface area contributed by atoms with Crippen molar-refractivity contribution in [1.29, 1.82) is 0 Å². The first-order valence-electron chi connectivity index (χ1n) is 10.8. The van der Waals surface area contributed by atoms with Crippen molar-refractivity contribution in [3.8, 4) is 5.75 Å². The van der Waals surface area contributed by atoms with Crippen molar-refractivity contribution in [3.63, 3.8) is 0 Å². The van der Waals surface area contributed by atoms with Crippen molar-refractivity contribution in [2.75, 3.05) is 11.4 Å². The van der Waals surface area contributed by atoms with Crippen LogP contribution in [0.1, 0.15) is 48.3 Å². The Labute approximate surface area is 179 Å². The fourth-order valence-electron chi connectivity index (χ4n) is 4.35. The number of hydrogen-bond donors (Lipinski definition) is 0. The summed E-state index contributed by atoms with van der Waals surface area (Å²) < 4.78 is 7.32. The third-order valence-electron chi connectivity index (χ3n) is 5.97. The largest absolute Gasteiger partial charge is 0.423 e. The third kappa shape index (κ3) is 3.71. The fourth-order valence-corrected chi connectivity index (χ4v) is 4.35. The van der Waals surface area contributed by atoms with Gasteiger partial charge in [0, 0.05) is 37.7 Å². The Morgan fingerprint density at radius 1 is 0.935 bits per heavy atom. The molecule has 0 bridgehead atoms. The fraction of sp³-hybridized carbons (Fsp3) is 0.333. The molecule has 0 atom stereocenters. The molecule has 1 amide bonds. The Kier molecular flexibility index (Phi) is 5.02.